The summed E-state index contributed by atoms with van der Waals surface area (Å²) in [6, 6.07) is 11.6. The molecule has 1 amide bonds. The summed E-state index contributed by atoms with van der Waals surface area (Å²) in [5, 5.41) is 6.56. The van der Waals surface area contributed by atoms with Crippen molar-refractivity contribution in [1.82, 2.24) is 5.16 Å². The highest BCUT2D eigenvalue weighted by Gasteiger charge is 2.17. The number of ether oxygens (including phenoxy) is 3. The zero-order chi connectivity index (χ0) is 26.2. The average Bonchev–Trinajstić information content (AvgIpc) is 3.18. The van der Waals surface area contributed by atoms with Gasteiger partial charge in [0, 0.05) is 17.3 Å². The fourth-order valence-electron chi connectivity index (χ4n) is 3.23. The molecule has 3 aromatic rings. The number of carbonyl (C=O) groups is 3. The maximum atomic E-state index is 12.3. The van der Waals surface area contributed by atoms with Crippen molar-refractivity contribution in [1.29, 1.82) is 0 Å². The minimum absolute atomic E-state index is 0.0706. The van der Waals surface area contributed by atoms with Crippen molar-refractivity contribution in [3.05, 3.63) is 76.7 Å². The summed E-state index contributed by atoms with van der Waals surface area (Å²) in [4.78, 5) is 35.9. The van der Waals surface area contributed by atoms with E-state index in [-0.39, 0.29) is 12.4 Å². The van der Waals surface area contributed by atoms with Crippen LogP contribution in [0.15, 0.2) is 53.1 Å². The lowest BCUT2D eigenvalue weighted by molar-refractivity contribution is -0.148. The number of Topliss-reactive ketones (excluding diaryl/α,β-unsaturated/α-hetero) is 1. The molecule has 0 aliphatic heterocycles. The molecular weight excluding hydrogens is 464 g/mol. The second-order valence-electron chi connectivity index (χ2n) is 8.04. The van der Waals surface area contributed by atoms with Crippen molar-refractivity contribution < 1.29 is 33.1 Å². The summed E-state index contributed by atoms with van der Waals surface area (Å²) in [5.74, 6) is 0.466. The number of esters is 1. The molecule has 1 atom stereocenters. The minimum atomic E-state index is -1.02. The van der Waals surface area contributed by atoms with Gasteiger partial charge in [-0.05, 0) is 75.7 Å². The third-order valence-corrected chi connectivity index (χ3v) is 5.37. The Bertz CT molecular complexity index is 1260. The number of nitrogens with zero attached hydrogens (tertiary/aromatic N) is 1. The maximum Gasteiger partial charge on any atom is 0.331 e. The van der Waals surface area contributed by atoms with E-state index in [4.69, 9.17) is 18.7 Å². The number of aromatic nitrogens is 1. The SMILES string of the molecule is COc1cc(/C=C/C(=O)OC(C)C(=O)Nc2ccc(C(C)=O)cc2)ccc1OCc1c(C)noc1C. The van der Waals surface area contributed by atoms with Crippen molar-refractivity contribution in [2.24, 2.45) is 0 Å². The number of amides is 1. The molecule has 0 aliphatic carbocycles. The quantitative estimate of drug-likeness (QED) is 0.247. The molecule has 9 heteroatoms. The molecule has 188 valence electrons. The number of rotatable bonds is 10. The van der Waals surface area contributed by atoms with Crippen LogP contribution < -0.4 is 14.8 Å². The third-order valence-electron chi connectivity index (χ3n) is 5.37. The molecule has 9 nitrogen and oxygen atoms in total. The predicted octanol–water partition coefficient (Wildman–Crippen LogP) is 4.67. The first-order valence-electron chi connectivity index (χ1n) is 11.2. The summed E-state index contributed by atoms with van der Waals surface area (Å²) in [6.45, 7) is 6.87. The number of carbonyl (C=O) groups excluding carboxylic acids is 3. The Morgan fingerprint density at radius 2 is 1.81 bits per heavy atom. The molecular formula is C27H28N2O7. The molecule has 0 fully saturated rings. The van der Waals surface area contributed by atoms with Gasteiger partial charge in [-0.15, -0.1) is 0 Å². The topological polar surface area (TPSA) is 117 Å². The molecule has 1 heterocycles. The zero-order valence-corrected chi connectivity index (χ0v) is 20.8. The number of hydrogen-bond donors (Lipinski definition) is 1. The minimum Gasteiger partial charge on any atom is -0.493 e. The lowest BCUT2D eigenvalue weighted by Gasteiger charge is -2.13. The Labute approximate surface area is 209 Å². The number of anilines is 1. The maximum absolute atomic E-state index is 12.3. The van der Waals surface area contributed by atoms with Crippen molar-refractivity contribution >= 4 is 29.4 Å². The van der Waals surface area contributed by atoms with Gasteiger partial charge in [-0.2, -0.15) is 0 Å². The number of benzene rings is 2. The van der Waals surface area contributed by atoms with Crippen LogP contribution in [0.3, 0.4) is 0 Å². The summed E-state index contributed by atoms with van der Waals surface area (Å²) >= 11 is 0. The van der Waals surface area contributed by atoms with Crippen LogP contribution in [0.2, 0.25) is 0 Å². The van der Waals surface area contributed by atoms with Gasteiger partial charge in [-0.25, -0.2) is 4.79 Å². The molecule has 0 spiro atoms. The van der Waals surface area contributed by atoms with Crippen molar-refractivity contribution in [2.45, 2.75) is 40.4 Å². The Hall–Kier alpha value is -4.40. The highest BCUT2D eigenvalue weighted by atomic mass is 16.5. The van der Waals surface area contributed by atoms with Gasteiger partial charge in [-0.1, -0.05) is 11.2 Å². The van der Waals surface area contributed by atoms with Gasteiger partial charge < -0.3 is 24.1 Å². The molecule has 36 heavy (non-hydrogen) atoms. The van der Waals surface area contributed by atoms with Crippen LogP contribution in [0.5, 0.6) is 11.5 Å². The van der Waals surface area contributed by atoms with Crippen LogP contribution >= 0.6 is 0 Å². The highest BCUT2D eigenvalue weighted by Crippen LogP contribution is 2.30. The summed E-state index contributed by atoms with van der Waals surface area (Å²) < 4.78 is 21.6. The molecule has 0 bridgehead atoms. The number of hydrogen-bond acceptors (Lipinski definition) is 8. The standard InChI is InChI=1S/C27H28N2O7/c1-16-23(18(3)36-29-16)15-34-24-12-6-20(14-25(24)33-5)7-13-26(31)35-19(4)27(32)28-22-10-8-21(9-11-22)17(2)30/h6-14,19H,15H2,1-5H3,(H,28,32)/b13-7+. The largest absolute Gasteiger partial charge is 0.493 e. The molecule has 1 unspecified atom stereocenters. The first-order chi connectivity index (χ1) is 17.2. The lowest BCUT2D eigenvalue weighted by Crippen LogP contribution is -2.29. The van der Waals surface area contributed by atoms with Crippen LogP contribution in [0, 0.1) is 13.8 Å². The first kappa shape index (κ1) is 26.2. The van der Waals surface area contributed by atoms with E-state index in [1.807, 2.05) is 13.8 Å². The molecule has 2 aromatic carbocycles. The van der Waals surface area contributed by atoms with Gasteiger partial charge in [-0.3, -0.25) is 9.59 Å². The number of nitrogens with one attached hydrogen (secondary N) is 1. The van der Waals surface area contributed by atoms with Gasteiger partial charge in [0.2, 0.25) is 0 Å². The fourth-order valence-corrected chi connectivity index (χ4v) is 3.23. The van der Waals surface area contributed by atoms with Crippen LogP contribution in [-0.2, 0) is 20.9 Å². The van der Waals surface area contributed by atoms with E-state index in [0.717, 1.165) is 11.3 Å². The smallest absolute Gasteiger partial charge is 0.331 e. The number of ketones is 1. The van der Waals surface area contributed by atoms with E-state index in [1.165, 1.54) is 27.0 Å². The molecule has 3 rings (SSSR count). The summed E-state index contributed by atoms with van der Waals surface area (Å²) in [5.41, 5.74) is 3.34. The second kappa shape index (κ2) is 11.8. The molecule has 0 saturated heterocycles. The highest BCUT2D eigenvalue weighted by molar-refractivity contribution is 5.98. The van der Waals surface area contributed by atoms with E-state index >= 15 is 0 Å². The van der Waals surface area contributed by atoms with E-state index in [2.05, 4.69) is 10.5 Å². The third kappa shape index (κ3) is 6.82. The summed E-state index contributed by atoms with van der Waals surface area (Å²) in [7, 11) is 1.52. The van der Waals surface area contributed by atoms with Gasteiger partial charge >= 0.3 is 5.97 Å². The lowest BCUT2D eigenvalue weighted by atomic mass is 10.1. The molecule has 0 radical (unpaired) electrons. The van der Waals surface area contributed by atoms with E-state index in [1.54, 1.807) is 48.5 Å². The van der Waals surface area contributed by atoms with Crippen LogP contribution in [0.4, 0.5) is 5.69 Å². The normalized spacial score (nSPS) is 11.7. The van der Waals surface area contributed by atoms with Crippen molar-refractivity contribution in [2.75, 3.05) is 12.4 Å². The Kier molecular flexibility index (Phi) is 8.61. The Balaban J connectivity index is 1.55. The average molecular weight is 493 g/mol. The summed E-state index contributed by atoms with van der Waals surface area (Å²) in [6.07, 6.45) is 1.75. The van der Waals surface area contributed by atoms with Crippen molar-refractivity contribution in [3.63, 3.8) is 0 Å². The van der Waals surface area contributed by atoms with Gasteiger partial charge in [0.25, 0.3) is 5.91 Å². The molecule has 0 aliphatic rings. The monoisotopic (exact) mass is 492 g/mol. The second-order valence-corrected chi connectivity index (χ2v) is 8.04. The predicted molar refractivity (Wildman–Crippen MR) is 133 cm³/mol. The first-order valence-corrected chi connectivity index (χ1v) is 11.2. The van der Waals surface area contributed by atoms with Crippen LogP contribution in [-0.4, -0.2) is 36.0 Å². The zero-order valence-electron chi connectivity index (χ0n) is 20.8. The molecule has 1 aromatic heterocycles. The van der Waals surface area contributed by atoms with E-state index in [9.17, 15) is 14.4 Å². The van der Waals surface area contributed by atoms with Crippen LogP contribution in [0.1, 0.15) is 46.8 Å². The van der Waals surface area contributed by atoms with Crippen LogP contribution in [0.25, 0.3) is 6.08 Å². The van der Waals surface area contributed by atoms with E-state index in [0.29, 0.717) is 34.1 Å². The van der Waals surface area contributed by atoms with Crippen molar-refractivity contribution in [3.8, 4) is 11.5 Å². The Morgan fingerprint density at radius 1 is 1.08 bits per heavy atom. The number of aryl methyl sites for hydroxylation is 2. The van der Waals surface area contributed by atoms with Gasteiger partial charge in [0.15, 0.2) is 23.4 Å². The van der Waals surface area contributed by atoms with E-state index < -0.39 is 18.0 Å². The molecule has 0 saturated carbocycles. The fraction of sp³-hybridized carbons (Fsp3) is 0.259. The number of methoxy groups -OCH3 is 1. The van der Waals surface area contributed by atoms with Gasteiger partial charge in [0.05, 0.1) is 18.4 Å². The molecule has 1 N–H and O–H groups in total. The van der Waals surface area contributed by atoms with Gasteiger partial charge in [0.1, 0.15) is 12.4 Å². The Morgan fingerprint density at radius 3 is 2.42 bits per heavy atom.